The number of benzene rings is 2. The molecule has 3 rings (SSSR count). The summed E-state index contributed by atoms with van der Waals surface area (Å²) in [6, 6.07) is 13.4. The minimum Gasteiger partial charge on any atom is -0.493 e. The van der Waals surface area contributed by atoms with E-state index in [4.69, 9.17) is 14.2 Å². The second-order valence-electron chi connectivity index (χ2n) is 6.37. The van der Waals surface area contributed by atoms with Gasteiger partial charge in [0.25, 0.3) is 0 Å². The molecule has 152 valence electrons. The molecule has 0 fully saturated rings. The minimum absolute atomic E-state index is 0.0772. The monoisotopic (exact) mass is 412 g/mol. The number of carbonyl (C=O) groups is 1. The molecule has 0 bridgehead atoms. The number of ether oxygens (including phenoxy) is 3. The quantitative estimate of drug-likeness (QED) is 0.505. The summed E-state index contributed by atoms with van der Waals surface area (Å²) in [5.74, 6) is 2.07. The molecule has 29 heavy (non-hydrogen) atoms. The summed E-state index contributed by atoms with van der Waals surface area (Å²) in [5.41, 5.74) is 2.75. The fourth-order valence-corrected chi connectivity index (χ4v) is 3.51. The Morgan fingerprint density at radius 1 is 1.07 bits per heavy atom. The van der Waals surface area contributed by atoms with Gasteiger partial charge in [0.15, 0.2) is 16.6 Å². The molecule has 0 unspecified atom stereocenters. The number of carbonyl (C=O) groups excluding carboxylic acids is 1. The molecule has 0 spiro atoms. The first-order valence-corrected chi connectivity index (χ1v) is 10.1. The molecule has 6 nitrogen and oxygen atoms in total. The summed E-state index contributed by atoms with van der Waals surface area (Å²) < 4.78 is 16.3. The zero-order chi connectivity index (χ0) is 20.6. The van der Waals surface area contributed by atoms with Gasteiger partial charge in [-0.25, -0.2) is 4.98 Å². The topological polar surface area (TPSA) is 69.7 Å². The molecule has 0 aliphatic rings. The van der Waals surface area contributed by atoms with Crippen molar-refractivity contribution in [2.75, 3.05) is 26.1 Å². The molecule has 1 amide bonds. The van der Waals surface area contributed by atoms with Gasteiger partial charge in [-0.15, -0.1) is 11.3 Å². The van der Waals surface area contributed by atoms with Crippen LogP contribution >= 0.6 is 11.3 Å². The summed E-state index contributed by atoms with van der Waals surface area (Å²) in [6.07, 6.45) is 1.01. The third-order valence-corrected chi connectivity index (χ3v) is 5.09. The molecule has 0 saturated carbocycles. The van der Waals surface area contributed by atoms with Crippen LogP contribution in [0.2, 0.25) is 0 Å². The summed E-state index contributed by atoms with van der Waals surface area (Å²) >= 11 is 1.39. The maximum atomic E-state index is 12.2. The highest BCUT2D eigenvalue weighted by molar-refractivity contribution is 7.14. The summed E-state index contributed by atoms with van der Waals surface area (Å²) in [5, 5.41) is 5.32. The summed E-state index contributed by atoms with van der Waals surface area (Å²) in [6.45, 7) is 2.49. The lowest BCUT2D eigenvalue weighted by Gasteiger charge is -2.08. The van der Waals surface area contributed by atoms with Gasteiger partial charge in [-0.05, 0) is 43.2 Å². The van der Waals surface area contributed by atoms with Gasteiger partial charge < -0.3 is 19.5 Å². The molecule has 7 heteroatoms. The average Bonchev–Trinajstić information content (AvgIpc) is 3.20. The predicted molar refractivity (Wildman–Crippen MR) is 115 cm³/mol. The van der Waals surface area contributed by atoms with E-state index in [-0.39, 0.29) is 5.91 Å². The van der Waals surface area contributed by atoms with Crippen molar-refractivity contribution in [3.05, 3.63) is 53.4 Å². The molecular weight excluding hydrogens is 388 g/mol. The van der Waals surface area contributed by atoms with Crippen molar-refractivity contribution in [3.63, 3.8) is 0 Å². The summed E-state index contributed by atoms with van der Waals surface area (Å²) in [4.78, 5) is 16.7. The molecule has 1 aromatic heterocycles. The maximum absolute atomic E-state index is 12.2. The minimum atomic E-state index is -0.0772. The Labute approximate surface area is 174 Å². The van der Waals surface area contributed by atoms with E-state index in [2.05, 4.69) is 10.3 Å². The molecule has 0 atom stereocenters. The van der Waals surface area contributed by atoms with Crippen molar-refractivity contribution in [1.29, 1.82) is 0 Å². The highest BCUT2D eigenvalue weighted by Gasteiger charge is 2.11. The zero-order valence-electron chi connectivity index (χ0n) is 16.7. The van der Waals surface area contributed by atoms with Crippen molar-refractivity contribution >= 4 is 22.4 Å². The first-order valence-electron chi connectivity index (χ1n) is 9.27. The number of hydrogen-bond donors (Lipinski definition) is 1. The van der Waals surface area contributed by atoms with Gasteiger partial charge in [-0.1, -0.05) is 18.2 Å². The fraction of sp³-hybridized carbons (Fsp3) is 0.273. The van der Waals surface area contributed by atoms with Crippen LogP contribution in [0.4, 0.5) is 5.13 Å². The predicted octanol–water partition coefficient (Wildman–Crippen LogP) is 4.93. The van der Waals surface area contributed by atoms with Crippen molar-refractivity contribution in [1.82, 2.24) is 4.98 Å². The number of nitrogens with zero attached hydrogens (tertiary/aromatic N) is 1. The van der Waals surface area contributed by atoms with E-state index in [0.717, 1.165) is 22.6 Å². The lowest BCUT2D eigenvalue weighted by molar-refractivity contribution is -0.116. The molecule has 2 aromatic carbocycles. The number of rotatable bonds is 9. The number of para-hydroxylation sites is 1. The van der Waals surface area contributed by atoms with Gasteiger partial charge in [-0.2, -0.15) is 0 Å². The number of amides is 1. The number of nitrogens with one attached hydrogen (secondary N) is 1. The second-order valence-corrected chi connectivity index (χ2v) is 7.23. The molecule has 1 heterocycles. The molecule has 0 saturated heterocycles. The van der Waals surface area contributed by atoms with Crippen LogP contribution in [-0.2, 0) is 4.79 Å². The van der Waals surface area contributed by atoms with Crippen LogP contribution in [0.15, 0.2) is 47.8 Å². The van der Waals surface area contributed by atoms with Crippen LogP contribution in [0.3, 0.4) is 0 Å². The van der Waals surface area contributed by atoms with Crippen LogP contribution in [-0.4, -0.2) is 31.7 Å². The largest absolute Gasteiger partial charge is 0.493 e. The summed E-state index contributed by atoms with van der Waals surface area (Å²) in [7, 11) is 3.19. The van der Waals surface area contributed by atoms with Crippen molar-refractivity contribution in [3.8, 4) is 28.5 Å². The highest BCUT2D eigenvalue weighted by atomic mass is 32.1. The van der Waals surface area contributed by atoms with E-state index in [1.807, 2.05) is 54.8 Å². The van der Waals surface area contributed by atoms with Crippen molar-refractivity contribution in [2.24, 2.45) is 0 Å². The highest BCUT2D eigenvalue weighted by Crippen LogP contribution is 2.33. The van der Waals surface area contributed by atoms with E-state index >= 15 is 0 Å². The molecular formula is C22H24N2O4S. The lowest BCUT2D eigenvalue weighted by Crippen LogP contribution is -2.12. The zero-order valence-corrected chi connectivity index (χ0v) is 17.5. The van der Waals surface area contributed by atoms with Gasteiger partial charge in [-0.3, -0.25) is 4.79 Å². The number of aromatic nitrogens is 1. The SMILES string of the molecule is COc1ccc(-c2csc(NC(=O)CCCOc3ccccc3C)n2)cc1OC. The maximum Gasteiger partial charge on any atom is 0.226 e. The van der Waals surface area contributed by atoms with Gasteiger partial charge in [0.05, 0.1) is 26.5 Å². The van der Waals surface area contributed by atoms with E-state index < -0.39 is 0 Å². The number of anilines is 1. The molecule has 3 aromatic rings. The Morgan fingerprint density at radius 3 is 2.62 bits per heavy atom. The second kappa shape index (κ2) is 9.93. The molecule has 0 aliphatic heterocycles. The van der Waals surface area contributed by atoms with Gasteiger partial charge in [0.1, 0.15) is 5.75 Å². The van der Waals surface area contributed by atoms with E-state index in [1.165, 1.54) is 11.3 Å². The van der Waals surface area contributed by atoms with Crippen LogP contribution < -0.4 is 19.5 Å². The normalized spacial score (nSPS) is 10.4. The number of methoxy groups -OCH3 is 2. The Bertz CT molecular complexity index is 971. The van der Waals surface area contributed by atoms with Gasteiger partial charge in [0.2, 0.25) is 5.91 Å². The van der Waals surface area contributed by atoms with E-state index in [0.29, 0.717) is 36.1 Å². The molecule has 0 radical (unpaired) electrons. The Kier molecular flexibility index (Phi) is 7.08. The van der Waals surface area contributed by atoms with Crippen molar-refractivity contribution in [2.45, 2.75) is 19.8 Å². The average molecular weight is 413 g/mol. The molecule has 0 aliphatic carbocycles. The van der Waals surface area contributed by atoms with Crippen LogP contribution in [0.25, 0.3) is 11.3 Å². The first kappa shape index (κ1) is 20.7. The van der Waals surface area contributed by atoms with Gasteiger partial charge in [0, 0.05) is 17.4 Å². The molecule has 1 N–H and O–H groups in total. The lowest BCUT2D eigenvalue weighted by atomic mass is 10.1. The van der Waals surface area contributed by atoms with Crippen LogP contribution in [0.1, 0.15) is 18.4 Å². The van der Waals surface area contributed by atoms with E-state index in [1.54, 1.807) is 14.2 Å². The standard InChI is InChI=1S/C22H24N2O4S/c1-15-7-4-5-8-18(15)28-12-6-9-21(25)24-22-23-17(14-29-22)16-10-11-19(26-2)20(13-16)27-3/h4-5,7-8,10-11,13-14H,6,9,12H2,1-3H3,(H,23,24,25). The third-order valence-electron chi connectivity index (χ3n) is 4.33. The number of thiazole rings is 1. The third kappa shape index (κ3) is 5.48. The van der Waals surface area contributed by atoms with Crippen molar-refractivity contribution < 1.29 is 19.0 Å². The Hall–Kier alpha value is -3.06. The first-order chi connectivity index (χ1) is 14.1. The number of hydrogen-bond acceptors (Lipinski definition) is 6. The fourth-order valence-electron chi connectivity index (χ4n) is 2.77. The van der Waals surface area contributed by atoms with Gasteiger partial charge >= 0.3 is 0 Å². The Balaban J connectivity index is 1.51. The Morgan fingerprint density at radius 2 is 1.86 bits per heavy atom. The smallest absolute Gasteiger partial charge is 0.226 e. The number of aryl methyl sites for hydroxylation is 1. The van der Waals surface area contributed by atoms with E-state index in [9.17, 15) is 4.79 Å². The van der Waals surface area contributed by atoms with Crippen LogP contribution in [0, 0.1) is 6.92 Å². The van der Waals surface area contributed by atoms with Crippen LogP contribution in [0.5, 0.6) is 17.2 Å².